The summed E-state index contributed by atoms with van der Waals surface area (Å²) in [4.78, 5) is 36.2. The van der Waals surface area contributed by atoms with Crippen molar-refractivity contribution >= 4 is 17.8 Å². The number of esters is 1. The number of benzene rings is 1. The van der Waals surface area contributed by atoms with Gasteiger partial charge in [-0.3, -0.25) is 19.3 Å². The van der Waals surface area contributed by atoms with E-state index in [9.17, 15) is 14.4 Å². The first-order valence-electron chi connectivity index (χ1n) is 6.38. The molecule has 2 amide bonds. The van der Waals surface area contributed by atoms with Gasteiger partial charge < -0.3 is 4.74 Å². The highest BCUT2D eigenvalue weighted by Crippen LogP contribution is 2.39. The summed E-state index contributed by atoms with van der Waals surface area (Å²) < 4.78 is 5.30. The predicted molar refractivity (Wildman–Crippen MR) is 69.4 cm³/mol. The molecule has 5 nitrogen and oxygen atoms in total. The average molecular weight is 271 g/mol. The number of rotatable bonds is 2. The van der Waals surface area contributed by atoms with Gasteiger partial charge in [0.1, 0.15) is 12.1 Å². The van der Waals surface area contributed by atoms with E-state index in [1.54, 1.807) is 0 Å². The molecular weight excluding hydrogens is 258 g/mol. The van der Waals surface area contributed by atoms with Crippen LogP contribution in [0.25, 0.3) is 0 Å². The molecule has 1 aromatic rings. The van der Waals surface area contributed by atoms with Crippen LogP contribution in [0.3, 0.4) is 0 Å². The van der Waals surface area contributed by atoms with Gasteiger partial charge in [0.2, 0.25) is 0 Å². The van der Waals surface area contributed by atoms with E-state index < -0.39 is 18.1 Å². The first-order chi connectivity index (χ1) is 9.58. The SMILES string of the molecule is CC(=O)O[C@H]1Cc2ccccc2[C@@H]1N1C(=O)C=CC1=O. The molecule has 102 valence electrons. The number of hydrogen-bond donors (Lipinski definition) is 0. The summed E-state index contributed by atoms with van der Waals surface area (Å²) in [6.45, 7) is 1.33. The standard InChI is InChI=1S/C15H13NO4/c1-9(17)20-12-8-10-4-2-3-5-11(10)15(12)16-13(18)6-7-14(16)19/h2-7,12,15H,8H2,1H3/t12-,15-/m0/s1. The zero-order valence-electron chi connectivity index (χ0n) is 10.9. The Morgan fingerprint density at radius 3 is 2.50 bits per heavy atom. The molecular formula is C15H13NO4. The largest absolute Gasteiger partial charge is 0.460 e. The highest BCUT2D eigenvalue weighted by Gasteiger charge is 2.43. The lowest BCUT2D eigenvalue weighted by atomic mass is 10.1. The van der Waals surface area contributed by atoms with Gasteiger partial charge in [0.25, 0.3) is 11.8 Å². The van der Waals surface area contributed by atoms with E-state index in [1.807, 2.05) is 24.3 Å². The number of ether oxygens (including phenoxy) is 1. The molecule has 0 aromatic heterocycles. The Morgan fingerprint density at radius 1 is 1.20 bits per heavy atom. The van der Waals surface area contributed by atoms with Gasteiger partial charge in [0.15, 0.2) is 0 Å². The van der Waals surface area contributed by atoms with Gasteiger partial charge in [-0.05, 0) is 11.1 Å². The molecule has 0 unspecified atom stereocenters. The van der Waals surface area contributed by atoms with Crippen LogP contribution in [0.2, 0.25) is 0 Å². The number of hydrogen-bond acceptors (Lipinski definition) is 4. The van der Waals surface area contributed by atoms with E-state index in [0.717, 1.165) is 11.1 Å². The monoisotopic (exact) mass is 271 g/mol. The van der Waals surface area contributed by atoms with Crippen molar-refractivity contribution in [3.05, 3.63) is 47.5 Å². The van der Waals surface area contributed by atoms with Crippen LogP contribution in [-0.4, -0.2) is 28.8 Å². The highest BCUT2D eigenvalue weighted by atomic mass is 16.5. The molecule has 1 heterocycles. The zero-order chi connectivity index (χ0) is 14.3. The predicted octanol–water partition coefficient (Wildman–Crippen LogP) is 1.14. The molecule has 5 heteroatoms. The fourth-order valence-electron chi connectivity index (χ4n) is 2.85. The number of amides is 2. The maximum absolute atomic E-state index is 11.9. The van der Waals surface area contributed by atoms with Crippen molar-refractivity contribution in [3.8, 4) is 0 Å². The highest BCUT2D eigenvalue weighted by molar-refractivity contribution is 6.13. The molecule has 0 radical (unpaired) electrons. The molecule has 1 aromatic carbocycles. The van der Waals surface area contributed by atoms with Gasteiger partial charge in [-0.2, -0.15) is 0 Å². The van der Waals surface area contributed by atoms with Crippen molar-refractivity contribution in [2.45, 2.75) is 25.5 Å². The average Bonchev–Trinajstić information content (AvgIpc) is 2.89. The second-order valence-corrected chi connectivity index (χ2v) is 4.88. The van der Waals surface area contributed by atoms with Crippen molar-refractivity contribution < 1.29 is 19.1 Å². The summed E-state index contributed by atoms with van der Waals surface area (Å²) in [7, 11) is 0. The van der Waals surface area contributed by atoms with Gasteiger partial charge >= 0.3 is 5.97 Å². The number of fused-ring (bicyclic) bond motifs is 1. The molecule has 20 heavy (non-hydrogen) atoms. The molecule has 2 atom stereocenters. The van der Waals surface area contributed by atoms with Crippen LogP contribution in [0, 0.1) is 0 Å². The second-order valence-electron chi connectivity index (χ2n) is 4.88. The Labute approximate surface area is 115 Å². The Balaban J connectivity index is 2.01. The molecule has 2 aliphatic rings. The summed E-state index contributed by atoms with van der Waals surface area (Å²) in [6.07, 6.45) is 2.48. The Hall–Kier alpha value is -2.43. The van der Waals surface area contributed by atoms with E-state index in [0.29, 0.717) is 6.42 Å². The topological polar surface area (TPSA) is 63.7 Å². The Bertz CT molecular complexity index is 617. The lowest BCUT2D eigenvalue weighted by molar-refractivity contribution is -0.155. The van der Waals surface area contributed by atoms with Crippen LogP contribution in [0.1, 0.15) is 24.1 Å². The van der Waals surface area contributed by atoms with Crippen molar-refractivity contribution in [2.75, 3.05) is 0 Å². The van der Waals surface area contributed by atoms with Crippen LogP contribution in [0.4, 0.5) is 0 Å². The molecule has 0 fully saturated rings. The van der Waals surface area contributed by atoms with Crippen molar-refractivity contribution in [2.24, 2.45) is 0 Å². The van der Waals surface area contributed by atoms with Crippen LogP contribution < -0.4 is 0 Å². The smallest absolute Gasteiger partial charge is 0.302 e. The van der Waals surface area contributed by atoms with E-state index in [1.165, 1.54) is 24.0 Å². The quantitative estimate of drug-likeness (QED) is 0.597. The van der Waals surface area contributed by atoms with Gasteiger partial charge in [-0.15, -0.1) is 0 Å². The lowest BCUT2D eigenvalue weighted by Crippen LogP contribution is -2.40. The van der Waals surface area contributed by atoms with Gasteiger partial charge in [-0.25, -0.2) is 0 Å². The zero-order valence-corrected chi connectivity index (χ0v) is 10.9. The Kier molecular flexibility index (Phi) is 2.89. The third kappa shape index (κ3) is 1.91. The minimum Gasteiger partial charge on any atom is -0.460 e. The molecule has 0 N–H and O–H groups in total. The fraction of sp³-hybridized carbons (Fsp3) is 0.267. The van der Waals surface area contributed by atoms with Gasteiger partial charge in [-0.1, -0.05) is 24.3 Å². The number of carbonyl (C=O) groups excluding carboxylic acids is 3. The van der Waals surface area contributed by atoms with Crippen LogP contribution in [-0.2, 0) is 25.5 Å². The van der Waals surface area contributed by atoms with Crippen molar-refractivity contribution in [1.29, 1.82) is 0 Å². The summed E-state index contributed by atoms with van der Waals surface area (Å²) in [6, 6.07) is 6.98. The number of carbonyl (C=O) groups is 3. The molecule has 1 aliphatic heterocycles. The Morgan fingerprint density at radius 2 is 1.85 bits per heavy atom. The van der Waals surface area contributed by atoms with E-state index >= 15 is 0 Å². The summed E-state index contributed by atoms with van der Waals surface area (Å²) >= 11 is 0. The molecule has 1 aliphatic carbocycles. The summed E-state index contributed by atoms with van der Waals surface area (Å²) in [5, 5.41) is 0. The summed E-state index contributed by atoms with van der Waals surface area (Å²) in [5.74, 6) is -1.15. The maximum atomic E-state index is 11.9. The van der Waals surface area contributed by atoms with Gasteiger partial charge in [0, 0.05) is 25.5 Å². The number of imide groups is 1. The minimum atomic E-state index is -0.537. The fourth-order valence-corrected chi connectivity index (χ4v) is 2.85. The van der Waals surface area contributed by atoms with Gasteiger partial charge in [0.05, 0.1) is 0 Å². The van der Waals surface area contributed by atoms with E-state index in [2.05, 4.69) is 0 Å². The molecule has 0 bridgehead atoms. The normalized spacial score (nSPS) is 24.1. The van der Waals surface area contributed by atoms with Crippen LogP contribution in [0.5, 0.6) is 0 Å². The lowest BCUT2D eigenvalue weighted by Gasteiger charge is -2.28. The minimum absolute atomic E-state index is 0.367. The summed E-state index contributed by atoms with van der Waals surface area (Å²) in [5.41, 5.74) is 1.86. The third-order valence-corrected chi connectivity index (χ3v) is 3.59. The molecule has 0 spiro atoms. The molecule has 3 rings (SSSR count). The van der Waals surface area contributed by atoms with Crippen molar-refractivity contribution in [3.63, 3.8) is 0 Å². The van der Waals surface area contributed by atoms with Crippen LogP contribution >= 0.6 is 0 Å². The van der Waals surface area contributed by atoms with E-state index in [-0.39, 0.29) is 11.8 Å². The maximum Gasteiger partial charge on any atom is 0.302 e. The second kappa shape index (κ2) is 4.59. The van der Waals surface area contributed by atoms with E-state index in [4.69, 9.17) is 4.74 Å². The first kappa shape index (κ1) is 12.6. The first-order valence-corrected chi connectivity index (χ1v) is 6.38. The molecule has 0 saturated carbocycles. The molecule has 0 saturated heterocycles. The third-order valence-electron chi connectivity index (χ3n) is 3.59. The van der Waals surface area contributed by atoms with Crippen LogP contribution in [0.15, 0.2) is 36.4 Å². The number of nitrogens with zero attached hydrogens (tertiary/aromatic N) is 1. The van der Waals surface area contributed by atoms with Crippen molar-refractivity contribution in [1.82, 2.24) is 4.90 Å².